The van der Waals surface area contributed by atoms with Crippen LogP contribution < -0.4 is 5.32 Å². The molecule has 0 aliphatic carbocycles. The molecule has 0 spiro atoms. The zero-order valence-corrected chi connectivity index (χ0v) is 20.1. The lowest BCUT2D eigenvalue weighted by atomic mass is 10.2. The predicted molar refractivity (Wildman–Crippen MR) is 128 cm³/mol. The number of benzene rings is 2. The minimum Gasteiger partial charge on any atom is -0.449 e. The van der Waals surface area contributed by atoms with Crippen LogP contribution in [0, 0.1) is 0 Å². The largest absolute Gasteiger partial charge is 0.449 e. The van der Waals surface area contributed by atoms with E-state index in [9.17, 15) is 22.8 Å². The smallest absolute Gasteiger partial charge is 0.291 e. The molecule has 0 radical (unpaired) electrons. The van der Waals surface area contributed by atoms with Crippen LogP contribution in [0.25, 0.3) is 11.0 Å². The lowest BCUT2D eigenvalue weighted by Crippen LogP contribution is -2.41. The van der Waals surface area contributed by atoms with Gasteiger partial charge in [-0.15, -0.1) is 0 Å². The number of hydrogen-bond donors (Lipinski definition) is 1. The van der Waals surface area contributed by atoms with Crippen LogP contribution in [0.5, 0.6) is 0 Å². The molecular weight excluding hydrogens is 474 g/mol. The molecule has 35 heavy (non-hydrogen) atoms. The molecule has 3 aromatic rings. The number of para-hydroxylation sites is 1. The number of hydrogen-bond acceptors (Lipinski definition) is 7. The molecule has 1 saturated heterocycles. The first kappa shape index (κ1) is 24.6. The fourth-order valence-corrected chi connectivity index (χ4v) is 4.87. The van der Waals surface area contributed by atoms with E-state index in [1.165, 1.54) is 38.2 Å². The van der Waals surface area contributed by atoms with Gasteiger partial charge in [0.25, 0.3) is 5.91 Å². The van der Waals surface area contributed by atoms with Crippen LogP contribution in [0.3, 0.4) is 0 Å². The molecule has 0 unspecified atom stereocenters. The van der Waals surface area contributed by atoms with Crippen molar-refractivity contribution in [1.82, 2.24) is 9.21 Å². The number of nitrogens with zero attached hydrogens (tertiary/aromatic N) is 2. The van der Waals surface area contributed by atoms with Gasteiger partial charge in [-0.05, 0) is 31.2 Å². The van der Waals surface area contributed by atoms with Gasteiger partial charge in [0.15, 0.2) is 5.78 Å². The third kappa shape index (κ3) is 5.11. The number of likely N-dealkylation sites (N-methyl/N-ethyl adjacent to an activating group) is 1. The molecule has 4 rings (SSSR count). The first-order valence-corrected chi connectivity index (χ1v) is 12.4. The molecule has 1 fully saturated rings. The summed E-state index contributed by atoms with van der Waals surface area (Å²) in [6, 6.07) is 12.4. The molecule has 0 bridgehead atoms. The van der Waals surface area contributed by atoms with E-state index < -0.39 is 22.5 Å². The molecule has 1 aromatic heterocycles. The summed E-state index contributed by atoms with van der Waals surface area (Å²) in [6.07, 6.45) is 0. The van der Waals surface area contributed by atoms with E-state index in [4.69, 9.17) is 9.15 Å². The Morgan fingerprint density at radius 1 is 1.03 bits per heavy atom. The summed E-state index contributed by atoms with van der Waals surface area (Å²) in [5.74, 6) is -1.23. The summed E-state index contributed by atoms with van der Waals surface area (Å²) in [6.45, 7) is 2.49. The van der Waals surface area contributed by atoms with E-state index >= 15 is 0 Å². The number of sulfonamides is 1. The molecule has 2 heterocycles. The monoisotopic (exact) mass is 499 g/mol. The summed E-state index contributed by atoms with van der Waals surface area (Å²) in [4.78, 5) is 39.0. The van der Waals surface area contributed by atoms with Crippen LogP contribution in [-0.4, -0.2) is 75.1 Å². The van der Waals surface area contributed by atoms with E-state index in [2.05, 4.69) is 5.32 Å². The number of morpholine rings is 1. The second kappa shape index (κ2) is 9.98. The maximum Gasteiger partial charge on any atom is 0.291 e. The van der Waals surface area contributed by atoms with Crippen molar-refractivity contribution in [2.45, 2.75) is 11.8 Å². The maximum atomic E-state index is 13.1. The van der Waals surface area contributed by atoms with Crippen molar-refractivity contribution >= 4 is 44.3 Å². The molecule has 0 saturated carbocycles. The number of Topliss-reactive ketones (excluding diaryl/α,β-unsaturated/α-hetero) is 1. The summed E-state index contributed by atoms with van der Waals surface area (Å²) < 4.78 is 37.8. The predicted octanol–water partition coefficient (Wildman–Crippen LogP) is 2.37. The van der Waals surface area contributed by atoms with Gasteiger partial charge in [-0.2, -0.15) is 4.31 Å². The van der Waals surface area contributed by atoms with Crippen LogP contribution in [-0.2, 0) is 19.6 Å². The minimum atomic E-state index is -3.99. The molecule has 10 nitrogen and oxygen atoms in total. The van der Waals surface area contributed by atoms with E-state index in [1.54, 1.807) is 29.2 Å². The lowest BCUT2D eigenvalue weighted by molar-refractivity contribution is -0.116. The van der Waals surface area contributed by atoms with Crippen LogP contribution in [0.1, 0.15) is 27.8 Å². The summed E-state index contributed by atoms with van der Waals surface area (Å²) in [5, 5.41) is 3.20. The fraction of sp³-hybridized carbons (Fsp3) is 0.292. The lowest BCUT2D eigenvalue weighted by Gasteiger charge is -2.26. The summed E-state index contributed by atoms with van der Waals surface area (Å²) in [7, 11) is -2.71. The third-order valence-electron chi connectivity index (χ3n) is 5.69. The van der Waals surface area contributed by atoms with Crippen molar-refractivity contribution in [1.29, 1.82) is 0 Å². The van der Waals surface area contributed by atoms with Crippen LogP contribution in [0.2, 0.25) is 0 Å². The van der Waals surface area contributed by atoms with Gasteiger partial charge in [-0.25, -0.2) is 8.42 Å². The van der Waals surface area contributed by atoms with Gasteiger partial charge in [0.2, 0.25) is 21.7 Å². The van der Waals surface area contributed by atoms with Gasteiger partial charge in [0.1, 0.15) is 11.3 Å². The first-order chi connectivity index (χ1) is 16.7. The molecule has 0 atom stereocenters. The van der Waals surface area contributed by atoms with Crippen LogP contribution >= 0.6 is 0 Å². The molecule has 184 valence electrons. The number of ether oxygens (including phenoxy) is 1. The second-order valence-electron chi connectivity index (χ2n) is 8.10. The van der Waals surface area contributed by atoms with E-state index in [0.717, 1.165) is 4.31 Å². The highest BCUT2D eigenvalue weighted by Crippen LogP contribution is 2.32. The Bertz CT molecular complexity index is 1370. The molecule has 1 aliphatic heterocycles. The van der Waals surface area contributed by atoms with Crippen molar-refractivity contribution in [2.24, 2.45) is 0 Å². The molecular formula is C24H25N3O7S. The third-order valence-corrected chi connectivity index (χ3v) is 7.51. The highest BCUT2D eigenvalue weighted by atomic mass is 32.2. The minimum absolute atomic E-state index is 0.0215. The average molecular weight is 500 g/mol. The Morgan fingerprint density at radius 2 is 1.69 bits per heavy atom. The Hall–Kier alpha value is -3.54. The van der Waals surface area contributed by atoms with Crippen molar-refractivity contribution in [3.8, 4) is 0 Å². The quantitative estimate of drug-likeness (QED) is 0.495. The van der Waals surface area contributed by atoms with Gasteiger partial charge in [0.05, 0.1) is 24.7 Å². The van der Waals surface area contributed by atoms with Crippen molar-refractivity contribution in [2.75, 3.05) is 45.2 Å². The molecule has 11 heteroatoms. The molecule has 1 aliphatic rings. The number of carbonyl (C=O) groups excluding carboxylic acids is 3. The molecule has 2 amide bonds. The van der Waals surface area contributed by atoms with Crippen molar-refractivity contribution in [3.05, 3.63) is 59.9 Å². The van der Waals surface area contributed by atoms with Gasteiger partial charge in [-0.1, -0.05) is 24.3 Å². The Balaban J connectivity index is 1.55. The number of anilines is 1. The van der Waals surface area contributed by atoms with E-state index in [1.807, 2.05) is 0 Å². The van der Waals surface area contributed by atoms with Gasteiger partial charge in [-0.3, -0.25) is 14.4 Å². The van der Waals surface area contributed by atoms with Gasteiger partial charge >= 0.3 is 0 Å². The van der Waals surface area contributed by atoms with E-state index in [0.29, 0.717) is 42.8 Å². The first-order valence-electron chi connectivity index (χ1n) is 10.9. The number of carbonyl (C=O) groups is 3. The topological polar surface area (TPSA) is 126 Å². The van der Waals surface area contributed by atoms with E-state index in [-0.39, 0.29) is 28.0 Å². The maximum absolute atomic E-state index is 13.1. The number of fused-ring (bicyclic) bond motifs is 1. The normalized spacial score (nSPS) is 14.3. The zero-order valence-electron chi connectivity index (χ0n) is 19.3. The molecule has 2 aromatic carbocycles. The standard InChI is InChI=1S/C24H25N3O7S/c1-16(28)17-7-9-18(10-8-17)35(31,32)26(2)15-21(29)25-22-19-5-3-4-6-20(19)34-23(22)24(30)27-11-13-33-14-12-27/h3-10H,11-15H2,1-2H3,(H,25,29). The summed E-state index contributed by atoms with van der Waals surface area (Å²) >= 11 is 0. The summed E-state index contributed by atoms with van der Waals surface area (Å²) in [5.41, 5.74) is 0.998. The zero-order chi connectivity index (χ0) is 25.2. The number of amides is 2. The van der Waals surface area contributed by atoms with Gasteiger partial charge < -0.3 is 19.4 Å². The Morgan fingerprint density at radius 3 is 2.34 bits per heavy atom. The number of rotatable bonds is 7. The Kier molecular flexibility index (Phi) is 7.01. The SMILES string of the molecule is CC(=O)c1ccc(S(=O)(=O)N(C)CC(=O)Nc2c(C(=O)N3CCOCC3)oc3ccccc23)cc1. The highest BCUT2D eigenvalue weighted by molar-refractivity contribution is 7.89. The van der Waals surface area contributed by atoms with Crippen molar-refractivity contribution in [3.63, 3.8) is 0 Å². The fourth-order valence-electron chi connectivity index (χ4n) is 3.74. The number of furan rings is 1. The second-order valence-corrected chi connectivity index (χ2v) is 10.1. The average Bonchev–Trinajstić information content (AvgIpc) is 3.22. The molecule has 1 N–H and O–H groups in total. The Labute approximate surface area is 202 Å². The van der Waals surface area contributed by atoms with Gasteiger partial charge in [0, 0.05) is 31.1 Å². The van der Waals surface area contributed by atoms with Crippen molar-refractivity contribution < 1.29 is 32.0 Å². The van der Waals surface area contributed by atoms with Crippen LogP contribution in [0.15, 0.2) is 57.8 Å². The number of nitrogens with one attached hydrogen (secondary N) is 1. The number of ketones is 1. The van der Waals surface area contributed by atoms with Crippen LogP contribution in [0.4, 0.5) is 5.69 Å². The highest BCUT2D eigenvalue weighted by Gasteiger charge is 2.29.